The Morgan fingerprint density at radius 1 is 1.08 bits per heavy atom. The Hall–Kier alpha value is -3.14. The van der Waals surface area contributed by atoms with E-state index in [0.29, 0.717) is 29.2 Å². The van der Waals surface area contributed by atoms with Gasteiger partial charge in [0.1, 0.15) is 18.2 Å². The molecule has 0 unspecified atom stereocenters. The van der Waals surface area contributed by atoms with Crippen molar-refractivity contribution < 1.29 is 13.9 Å². The van der Waals surface area contributed by atoms with Gasteiger partial charge in [0.05, 0.1) is 11.3 Å². The van der Waals surface area contributed by atoms with Gasteiger partial charge < -0.3 is 10.1 Å². The monoisotopic (exact) mass is 319 g/mol. The molecule has 0 aromatic heterocycles. The van der Waals surface area contributed by atoms with Crippen molar-refractivity contribution in [2.75, 3.05) is 11.9 Å². The van der Waals surface area contributed by atoms with Gasteiger partial charge in [0.25, 0.3) is 5.91 Å². The van der Waals surface area contributed by atoms with Crippen molar-refractivity contribution in [1.82, 2.24) is 0 Å². The minimum atomic E-state index is -0.380. The van der Waals surface area contributed by atoms with E-state index in [9.17, 15) is 9.18 Å². The minimum Gasteiger partial charge on any atom is -0.488 e. The van der Waals surface area contributed by atoms with E-state index >= 15 is 0 Å². The zero-order valence-corrected chi connectivity index (χ0v) is 12.8. The molecule has 2 aromatic rings. The molecule has 2 aromatic carbocycles. The molecule has 4 heteroatoms. The lowest BCUT2D eigenvalue weighted by molar-refractivity contribution is -0.110. The molecule has 0 aliphatic carbocycles. The van der Waals surface area contributed by atoms with Crippen LogP contribution in [0.5, 0.6) is 0 Å². The van der Waals surface area contributed by atoms with Crippen LogP contribution in [0, 0.1) is 5.82 Å². The number of halogens is 1. The number of amides is 1. The number of carbonyl (C=O) groups is 1. The minimum absolute atomic E-state index is 0.268. The third kappa shape index (κ3) is 2.63. The smallest absolute Gasteiger partial charge is 0.260 e. The molecule has 0 spiro atoms. The summed E-state index contributed by atoms with van der Waals surface area (Å²) < 4.78 is 19.0. The predicted octanol–water partition coefficient (Wildman–Crippen LogP) is 4.16. The first-order valence-corrected chi connectivity index (χ1v) is 7.63. The van der Waals surface area contributed by atoms with Gasteiger partial charge in [-0.2, -0.15) is 0 Å². The second kappa shape index (κ2) is 5.81. The zero-order valence-electron chi connectivity index (χ0n) is 12.8. The lowest BCUT2D eigenvalue weighted by atomic mass is 10.1. The molecule has 1 N–H and O–H groups in total. The molecule has 0 atom stereocenters. The van der Waals surface area contributed by atoms with E-state index in [2.05, 4.69) is 5.32 Å². The third-order valence-electron chi connectivity index (χ3n) is 3.97. The first-order chi connectivity index (χ1) is 11.7. The van der Waals surface area contributed by atoms with Crippen LogP contribution >= 0.6 is 0 Å². The highest BCUT2D eigenvalue weighted by Crippen LogP contribution is 2.36. The fraction of sp³-hybridized carbons (Fsp3) is 0.0500. The number of carbonyl (C=O) groups excluding carboxylic acids is 1. The quantitative estimate of drug-likeness (QED) is 0.844. The van der Waals surface area contributed by atoms with Gasteiger partial charge in [-0.25, -0.2) is 4.39 Å². The molecule has 1 amide bonds. The van der Waals surface area contributed by atoms with Crippen LogP contribution in [0.3, 0.4) is 0 Å². The maximum atomic E-state index is 13.3. The van der Waals surface area contributed by atoms with Gasteiger partial charge >= 0.3 is 0 Å². The highest BCUT2D eigenvalue weighted by Gasteiger charge is 2.29. The summed E-state index contributed by atoms with van der Waals surface area (Å²) in [5, 5.41) is 2.67. The number of hydrogen-bond donors (Lipinski definition) is 1. The Bertz CT molecular complexity index is 910. The van der Waals surface area contributed by atoms with Gasteiger partial charge in [-0.3, -0.25) is 4.79 Å². The molecule has 3 nitrogen and oxygen atoms in total. The number of benzene rings is 2. The number of ether oxygens (including phenoxy) is 1. The van der Waals surface area contributed by atoms with E-state index < -0.39 is 0 Å². The summed E-state index contributed by atoms with van der Waals surface area (Å²) in [6, 6.07) is 14.2. The highest BCUT2D eigenvalue weighted by atomic mass is 19.1. The first-order valence-electron chi connectivity index (χ1n) is 7.63. The average Bonchev–Trinajstić information content (AvgIpc) is 3.16. The predicted molar refractivity (Wildman–Crippen MR) is 91.5 cm³/mol. The van der Waals surface area contributed by atoms with Crippen LogP contribution in [0.4, 0.5) is 10.1 Å². The van der Waals surface area contributed by atoms with Crippen molar-refractivity contribution in [2.24, 2.45) is 0 Å². The van der Waals surface area contributed by atoms with Crippen LogP contribution in [-0.4, -0.2) is 12.5 Å². The largest absolute Gasteiger partial charge is 0.488 e. The van der Waals surface area contributed by atoms with E-state index in [1.807, 2.05) is 48.6 Å². The number of allylic oxidation sites excluding steroid dienone is 1. The lowest BCUT2D eigenvalue weighted by Gasteiger charge is -2.02. The molecule has 0 bridgehead atoms. The zero-order chi connectivity index (χ0) is 16.5. The second-order valence-corrected chi connectivity index (χ2v) is 5.64. The number of anilines is 1. The Balaban J connectivity index is 1.66. The maximum Gasteiger partial charge on any atom is 0.260 e. The molecule has 2 aliphatic heterocycles. The molecular weight excluding hydrogens is 305 g/mol. The van der Waals surface area contributed by atoms with Crippen molar-refractivity contribution >= 4 is 23.2 Å². The van der Waals surface area contributed by atoms with Crippen molar-refractivity contribution in [2.45, 2.75) is 0 Å². The molecule has 0 saturated heterocycles. The second-order valence-electron chi connectivity index (χ2n) is 5.64. The van der Waals surface area contributed by atoms with Gasteiger partial charge in [0.15, 0.2) is 0 Å². The van der Waals surface area contributed by atoms with E-state index in [4.69, 9.17) is 4.74 Å². The lowest BCUT2D eigenvalue weighted by Crippen LogP contribution is -2.05. The van der Waals surface area contributed by atoms with Crippen molar-refractivity contribution in [1.29, 1.82) is 0 Å². The molecular formula is C20H14FNO2. The topological polar surface area (TPSA) is 38.3 Å². The van der Waals surface area contributed by atoms with Crippen LogP contribution in [0.25, 0.3) is 11.6 Å². The standard InChI is InChI=1S/C20H14FNO2/c21-15-8-9-16-17(11-15)22-20(23)19(16)18-10-14(12-24-18)7-6-13-4-2-1-3-5-13/h1-11H,12H2,(H,22,23)/b7-6+,19-18+. The van der Waals surface area contributed by atoms with Gasteiger partial charge in [-0.15, -0.1) is 0 Å². The van der Waals surface area contributed by atoms with Crippen molar-refractivity contribution in [3.8, 4) is 0 Å². The fourth-order valence-corrected chi connectivity index (χ4v) is 2.81. The summed E-state index contributed by atoms with van der Waals surface area (Å²) in [4.78, 5) is 12.2. The summed E-state index contributed by atoms with van der Waals surface area (Å²) in [6.45, 7) is 0.409. The number of nitrogens with one attached hydrogen (secondary N) is 1. The van der Waals surface area contributed by atoms with Crippen LogP contribution in [0.15, 0.2) is 72.0 Å². The Morgan fingerprint density at radius 3 is 2.75 bits per heavy atom. The van der Waals surface area contributed by atoms with Crippen molar-refractivity contribution in [3.05, 3.63) is 89.0 Å². The van der Waals surface area contributed by atoms with Crippen LogP contribution in [0.1, 0.15) is 11.1 Å². The Kier molecular flexibility index (Phi) is 3.50. The van der Waals surface area contributed by atoms with E-state index in [1.165, 1.54) is 12.1 Å². The van der Waals surface area contributed by atoms with Crippen LogP contribution < -0.4 is 5.32 Å². The molecule has 0 saturated carbocycles. The first kappa shape index (κ1) is 14.5. The average molecular weight is 319 g/mol. The molecule has 2 aliphatic rings. The van der Waals surface area contributed by atoms with Crippen LogP contribution in [-0.2, 0) is 9.53 Å². The van der Waals surface area contributed by atoms with Gasteiger partial charge in [0, 0.05) is 5.56 Å². The SMILES string of the molecule is O=C1Nc2cc(F)ccc2/C1=C1C=C(/C=C/c2ccccc2)CO/1. The number of rotatable bonds is 2. The third-order valence-corrected chi connectivity index (χ3v) is 3.97. The number of fused-ring (bicyclic) bond motifs is 1. The molecule has 24 heavy (non-hydrogen) atoms. The molecule has 2 heterocycles. The molecule has 118 valence electrons. The van der Waals surface area contributed by atoms with E-state index in [1.54, 1.807) is 6.07 Å². The summed E-state index contributed by atoms with van der Waals surface area (Å²) in [5.41, 5.74) is 3.67. The van der Waals surface area contributed by atoms with Gasteiger partial charge in [-0.1, -0.05) is 42.5 Å². The summed E-state index contributed by atoms with van der Waals surface area (Å²) in [5.74, 6) is -0.129. The van der Waals surface area contributed by atoms with Gasteiger partial charge in [-0.05, 0) is 35.4 Å². The summed E-state index contributed by atoms with van der Waals surface area (Å²) in [6.07, 6.45) is 5.83. The highest BCUT2D eigenvalue weighted by molar-refractivity contribution is 6.32. The Morgan fingerprint density at radius 2 is 1.92 bits per heavy atom. The normalized spacial score (nSPS) is 19.2. The van der Waals surface area contributed by atoms with Gasteiger partial charge in [0.2, 0.25) is 0 Å². The maximum absolute atomic E-state index is 13.3. The molecule has 0 radical (unpaired) electrons. The van der Waals surface area contributed by atoms with Crippen molar-refractivity contribution in [3.63, 3.8) is 0 Å². The summed E-state index contributed by atoms with van der Waals surface area (Å²) in [7, 11) is 0. The molecule has 4 rings (SSSR count). The Labute approximate surface area is 138 Å². The van der Waals surface area contributed by atoms with E-state index in [0.717, 1.165) is 11.1 Å². The fourth-order valence-electron chi connectivity index (χ4n) is 2.81. The van der Waals surface area contributed by atoms with E-state index in [-0.39, 0.29) is 11.7 Å². The molecule has 0 fully saturated rings. The summed E-state index contributed by atoms with van der Waals surface area (Å²) >= 11 is 0. The van der Waals surface area contributed by atoms with Crippen LogP contribution in [0.2, 0.25) is 0 Å². The number of hydrogen-bond acceptors (Lipinski definition) is 2.